The van der Waals surface area contributed by atoms with Crippen LogP contribution in [-0.2, 0) is 21.1 Å². The van der Waals surface area contributed by atoms with E-state index in [0.717, 1.165) is 42.7 Å². The lowest BCUT2D eigenvalue weighted by Crippen LogP contribution is -2.19. The number of halogens is 2. The first kappa shape index (κ1) is 28.2. The maximum absolute atomic E-state index is 12.0. The van der Waals surface area contributed by atoms with E-state index in [0.29, 0.717) is 11.5 Å². The van der Waals surface area contributed by atoms with E-state index in [1.165, 1.54) is 23.5 Å². The minimum Gasteiger partial charge on any atom is -0.272 e. The molecule has 2 amide bonds. The van der Waals surface area contributed by atoms with Crippen LogP contribution in [-0.4, -0.2) is 35.7 Å². The van der Waals surface area contributed by atoms with Crippen molar-refractivity contribution in [3.63, 3.8) is 0 Å². The van der Waals surface area contributed by atoms with E-state index in [9.17, 15) is 9.59 Å². The van der Waals surface area contributed by atoms with E-state index in [2.05, 4.69) is 52.9 Å². The predicted octanol–water partition coefficient (Wildman–Crippen LogP) is 5.98. The first-order chi connectivity index (χ1) is 17.5. The van der Waals surface area contributed by atoms with Gasteiger partial charge in [0.05, 0.1) is 23.9 Å². The van der Waals surface area contributed by atoms with Gasteiger partial charge in [-0.1, -0.05) is 92.5 Å². The number of benzene rings is 3. The number of thioether (sulfide) groups is 2. The van der Waals surface area contributed by atoms with Gasteiger partial charge in [-0.25, -0.2) is 10.9 Å². The first-order valence-electron chi connectivity index (χ1n) is 10.9. The Morgan fingerprint density at radius 1 is 0.667 bits per heavy atom. The van der Waals surface area contributed by atoms with Gasteiger partial charge in [0.1, 0.15) is 0 Å². The number of nitrogens with zero attached hydrogens (tertiary/aromatic N) is 2. The van der Waals surface area contributed by atoms with Gasteiger partial charge in [0, 0.05) is 20.5 Å². The molecule has 0 heterocycles. The third-order valence-corrected chi connectivity index (χ3v) is 8.15. The SMILES string of the molecule is O=C(CSCc1ccccc1Br)N/N=C\c1ccc(/C=N\NC(=O)CSCc2ccccc2Br)cc1. The van der Waals surface area contributed by atoms with Crippen LogP contribution in [0.25, 0.3) is 0 Å². The maximum Gasteiger partial charge on any atom is 0.250 e. The minimum atomic E-state index is -0.155. The average molecular weight is 648 g/mol. The lowest BCUT2D eigenvalue weighted by molar-refractivity contribution is -0.119. The highest BCUT2D eigenvalue weighted by molar-refractivity contribution is 9.10. The molecule has 3 rings (SSSR count). The van der Waals surface area contributed by atoms with E-state index in [-0.39, 0.29) is 11.8 Å². The van der Waals surface area contributed by atoms with Gasteiger partial charge >= 0.3 is 0 Å². The second kappa shape index (κ2) is 15.7. The van der Waals surface area contributed by atoms with E-state index < -0.39 is 0 Å². The molecule has 0 bridgehead atoms. The smallest absolute Gasteiger partial charge is 0.250 e. The fraction of sp³-hybridized carbons (Fsp3) is 0.154. The number of hydrogen-bond acceptors (Lipinski definition) is 6. The zero-order chi connectivity index (χ0) is 25.6. The molecule has 0 saturated heterocycles. The van der Waals surface area contributed by atoms with Crippen LogP contribution in [0.4, 0.5) is 0 Å². The first-order valence-corrected chi connectivity index (χ1v) is 14.8. The molecule has 0 fully saturated rings. The number of rotatable bonds is 12. The molecule has 0 radical (unpaired) electrons. The van der Waals surface area contributed by atoms with Crippen LogP contribution in [0.5, 0.6) is 0 Å². The van der Waals surface area contributed by atoms with Crippen molar-refractivity contribution in [1.29, 1.82) is 0 Å². The summed E-state index contributed by atoms with van der Waals surface area (Å²) in [6, 6.07) is 23.3. The molecule has 0 aliphatic rings. The molecule has 3 aromatic rings. The molecule has 0 aliphatic heterocycles. The van der Waals surface area contributed by atoms with Crippen LogP contribution >= 0.6 is 55.4 Å². The Hall–Kier alpha value is -2.40. The van der Waals surface area contributed by atoms with Gasteiger partial charge in [0.15, 0.2) is 0 Å². The van der Waals surface area contributed by atoms with E-state index in [4.69, 9.17) is 0 Å². The van der Waals surface area contributed by atoms with Crippen molar-refractivity contribution in [1.82, 2.24) is 10.9 Å². The van der Waals surface area contributed by atoms with Crippen LogP contribution < -0.4 is 10.9 Å². The predicted molar refractivity (Wildman–Crippen MR) is 159 cm³/mol. The average Bonchev–Trinajstić information content (AvgIpc) is 2.87. The Kier molecular flexibility index (Phi) is 12.3. The molecule has 0 aromatic heterocycles. The Labute approximate surface area is 236 Å². The number of carbonyl (C=O) groups is 2. The summed E-state index contributed by atoms with van der Waals surface area (Å²) < 4.78 is 2.08. The van der Waals surface area contributed by atoms with Crippen LogP contribution in [0, 0.1) is 0 Å². The highest BCUT2D eigenvalue weighted by Crippen LogP contribution is 2.22. The van der Waals surface area contributed by atoms with Crippen molar-refractivity contribution in [2.24, 2.45) is 10.2 Å². The Morgan fingerprint density at radius 2 is 1.06 bits per heavy atom. The lowest BCUT2D eigenvalue weighted by atomic mass is 10.2. The summed E-state index contributed by atoms with van der Waals surface area (Å²) in [5, 5.41) is 8.03. The van der Waals surface area contributed by atoms with Crippen LogP contribution in [0.1, 0.15) is 22.3 Å². The van der Waals surface area contributed by atoms with Crippen LogP contribution in [0.15, 0.2) is 91.9 Å². The number of hydrazone groups is 2. The number of hydrogen-bond donors (Lipinski definition) is 2. The van der Waals surface area contributed by atoms with Gasteiger partial charge in [0.2, 0.25) is 11.8 Å². The number of nitrogens with one attached hydrogen (secondary N) is 2. The molecule has 10 heteroatoms. The fourth-order valence-corrected chi connectivity index (χ4v) is 5.70. The minimum absolute atomic E-state index is 0.155. The summed E-state index contributed by atoms with van der Waals surface area (Å²) >= 11 is 10.1. The molecule has 36 heavy (non-hydrogen) atoms. The normalized spacial score (nSPS) is 11.2. The van der Waals surface area contributed by atoms with Crippen molar-refractivity contribution in [3.8, 4) is 0 Å². The second-order valence-corrected chi connectivity index (χ2v) is 11.1. The molecular formula is C26H24Br2N4O2S2. The molecule has 0 atom stereocenters. The van der Waals surface area contributed by atoms with Gasteiger partial charge in [-0.05, 0) is 34.4 Å². The van der Waals surface area contributed by atoms with Gasteiger partial charge in [-0.2, -0.15) is 10.2 Å². The molecule has 186 valence electrons. The highest BCUT2D eigenvalue weighted by atomic mass is 79.9. The van der Waals surface area contributed by atoms with Crippen molar-refractivity contribution in [2.45, 2.75) is 11.5 Å². The third-order valence-electron chi connectivity index (χ3n) is 4.64. The largest absolute Gasteiger partial charge is 0.272 e. The molecule has 0 unspecified atom stereocenters. The zero-order valence-corrected chi connectivity index (χ0v) is 24.0. The standard InChI is InChI=1S/C26H24Br2N4O2S2/c27-23-7-3-1-5-21(23)15-35-17-25(33)31-29-13-19-9-11-20(12-10-19)14-30-32-26(34)18-36-16-22-6-2-4-8-24(22)28/h1-14H,15-18H2,(H,31,33)(H,32,34)/b29-13-,30-14-. The second-order valence-electron chi connectivity index (χ2n) is 7.42. The van der Waals surface area contributed by atoms with Crippen molar-refractivity contribution in [2.75, 3.05) is 11.5 Å². The summed E-state index contributed by atoms with van der Waals surface area (Å²) in [6.07, 6.45) is 3.17. The third kappa shape index (κ3) is 10.3. The Bertz CT molecular complexity index is 1130. The Morgan fingerprint density at radius 3 is 1.44 bits per heavy atom. The van der Waals surface area contributed by atoms with Crippen molar-refractivity contribution >= 4 is 79.6 Å². The van der Waals surface area contributed by atoms with Gasteiger partial charge in [-0.15, -0.1) is 23.5 Å². The fourth-order valence-electron chi connectivity index (χ4n) is 2.83. The topological polar surface area (TPSA) is 82.9 Å². The van der Waals surface area contributed by atoms with Crippen molar-refractivity contribution in [3.05, 3.63) is 104 Å². The maximum atomic E-state index is 12.0. The van der Waals surface area contributed by atoms with Gasteiger partial charge in [0.25, 0.3) is 0 Å². The molecule has 3 aromatic carbocycles. The molecule has 0 saturated carbocycles. The van der Waals surface area contributed by atoms with Crippen LogP contribution in [0.2, 0.25) is 0 Å². The lowest BCUT2D eigenvalue weighted by Gasteiger charge is -2.04. The number of amides is 2. The van der Waals surface area contributed by atoms with Gasteiger partial charge < -0.3 is 0 Å². The molecule has 6 nitrogen and oxygen atoms in total. The zero-order valence-electron chi connectivity index (χ0n) is 19.2. The molecule has 0 spiro atoms. The van der Waals surface area contributed by atoms with E-state index in [1.54, 1.807) is 12.4 Å². The molecule has 2 N–H and O–H groups in total. The summed E-state index contributed by atoms with van der Waals surface area (Å²) in [5.41, 5.74) is 9.06. The van der Waals surface area contributed by atoms with Crippen LogP contribution in [0.3, 0.4) is 0 Å². The van der Waals surface area contributed by atoms with E-state index in [1.807, 2.05) is 72.8 Å². The van der Waals surface area contributed by atoms with Crippen molar-refractivity contribution < 1.29 is 9.59 Å². The number of carbonyl (C=O) groups excluding carboxylic acids is 2. The summed E-state index contributed by atoms with van der Waals surface area (Å²) in [7, 11) is 0. The van der Waals surface area contributed by atoms with Gasteiger partial charge in [-0.3, -0.25) is 9.59 Å². The summed E-state index contributed by atoms with van der Waals surface area (Å²) in [6.45, 7) is 0. The summed E-state index contributed by atoms with van der Waals surface area (Å²) in [5.74, 6) is 1.82. The molecular weight excluding hydrogens is 624 g/mol. The molecule has 0 aliphatic carbocycles. The quantitative estimate of drug-likeness (QED) is 0.187. The monoisotopic (exact) mass is 646 g/mol. The highest BCUT2D eigenvalue weighted by Gasteiger charge is 2.04. The summed E-state index contributed by atoms with van der Waals surface area (Å²) in [4.78, 5) is 24.0. The Balaban J connectivity index is 1.32. The van der Waals surface area contributed by atoms with E-state index >= 15 is 0 Å².